The van der Waals surface area contributed by atoms with E-state index in [1.54, 1.807) is 0 Å². The SMILES string of the molecule is Cl.OCCCN1CCCCC1Cc1ccccc1. The van der Waals surface area contributed by atoms with Gasteiger partial charge in [0, 0.05) is 19.2 Å². The number of hydrogen-bond acceptors (Lipinski definition) is 2. The molecule has 0 aliphatic carbocycles. The summed E-state index contributed by atoms with van der Waals surface area (Å²) in [7, 11) is 0. The number of nitrogens with zero attached hydrogens (tertiary/aromatic N) is 1. The van der Waals surface area contributed by atoms with E-state index in [2.05, 4.69) is 35.2 Å². The highest BCUT2D eigenvalue weighted by atomic mass is 35.5. The van der Waals surface area contributed by atoms with Crippen LogP contribution in [0.4, 0.5) is 0 Å². The fourth-order valence-corrected chi connectivity index (χ4v) is 2.75. The van der Waals surface area contributed by atoms with E-state index < -0.39 is 0 Å². The summed E-state index contributed by atoms with van der Waals surface area (Å²) in [5, 5.41) is 8.95. The average Bonchev–Trinajstić information content (AvgIpc) is 2.39. The first kappa shape index (κ1) is 15.5. The van der Waals surface area contributed by atoms with Crippen LogP contribution in [0.2, 0.25) is 0 Å². The molecule has 0 amide bonds. The summed E-state index contributed by atoms with van der Waals surface area (Å²) in [6.07, 6.45) is 6.04. The number of aliphatic hydroxyl groups excluding tert-OH is 1. The minimum absolute atomic E-state index is 0. The molecule has 3 heteroatoms. The molecule has 1 atom stereocenters. The second kappa shape index (κ2) is 8.52. The summed E-state index contributed by atoms with van der Waals surface area (Å²) in [4.78, 5) is 2.56. The van der Waals surface area contributed by atoms with Crippen molar-refractivity contribution in [2.75, 3.05) is 19.7 Å². The van der Waals surface area contributed by atoms with Crippen LogP contribution >= 0.6 is 12.4 Å². The molecule has 1 saturated heterocycles. The molecule has 102 valence electrons. The first-order valence-corrected chi connectivity index (χ1v) is 6.79. The predicted octanol–water partition coefficient (Wildman–Crippen LogP) is 2.89. The van der Waals surface area contributed by atoms with Crippen molar-refractivity contribution >= 4 is 12.4 Å². The Hall–Kier alpha value is -0.570. The van der Waals surface area contributed by atoms with Gasteiger partial charge in [0.15, 0.2) is 0 Å². The zero-order valence-electron chi connectivity index (χ0n) is 10.9. The van der Waals surface area contributed by atoms with Gasteiger partial charge < -0.3 is 5.11 Å². The number of hydrogen-bond donors (Lipinski definition) is 1. The number of rotatable bonds is 5. The molecule has 1 unspecified atom stereocenters. The Labute approximate surface area is 116 Å². The lowest BCUT2D eigenvalue weighted by atomic mass is 9.95. The average molecular weight is 270 g/mol. The lowest BCUT2D eigenvalue weighted by molar-refractivity contribution is 0.134. The van der Waals surface area contributed by atoms with Crippen molar-refractivity contribution in [2.24, 2.45) is 0 Å². The smallest absolute Gasteiger partial charge is 0.0443 e. The summed E-state index contributed by atoms with van der Waals surface area (Å²) < 4.78 is 0. The first-order valence-electron chi connectivity index (χ1n) is 6.79. The molecule has 0 bridgehead atoms. The van der Waals surface area contributed by atoms with Crippen molar-refractivity contribution in [1.29, 1.82) is 0 Å². The van der Waals surface area contributed by atoms with Crippen LogP contribution in [0.15, 0.2) is 30.3 Å². The topological polar surface area (TPSA) is 23.5 Å². The molecule has 0 saturated carbocycles. The zero-order valence-corrected chi connectivity index (χ0v) is 11.7. The quantitative estimate of drug-likeness (QED) is 0.889. The van der Waals surface area contributed by atoms with E-state index in [1.807, 2.05) is 0 Å². The molecule has 1 fully saturated rings. The Kier molecular flexibility index (Phi) is 7.33. The van der Waals surface area contributed by atoms with Crippen molar-refractivity contribution in [3.63, 3.8) is 0 Å². The standard InChI is InChI=1S/C15H23NO.ClH/c17-12-6-11-16-10-5-4-9-15(16)13-14-7-2-1-3-8-14;/h1-3,7-8,15,17H,4-6,9-13H2;1H. The fraction of sp³-hybridized carbons (Fsp3) is 0.600. The highest BCUT2D eigenvalue weighted by molar-refractivity contribution is 5.85. The second-order valence-corrected chi connectivity index (χ2v) is 4.95. The molecule has 1 aliphatic rings. The van der Waals surface area contributed by atoms with Gasteiger partial charge in [0.1, 0.15) is 0 Å². The van der Waals surface area contributed by atoms with E-state index in [0.717, 1.165) is 19.4 Å². The lowest BCUT2D eigenvalue weighted by Crippen LogP contribution is -2.41. The van der Waals surface area contributed by atoms with E-state index in [1.165, 1.54) is 31.4 Å². The molecular formula is C15H24ClNO. The number of aliphatic hydroxyl groups is 1. The Morgan fingerprint density at radius 2 is 1.94 bits per heavy atom. The van der Waals surface area contributed by atoms with Crippen LogP contribution in [0.3, 0.4) is 0 Å². The van der Waals surface area contributed by atoms with Crippen LogP contribution in [-0.4, -0.2) is 35.7 Å². The van der Waals surface area contributed by atoms with Gasteiger partial charge in [-0.05, 0) is 37.8 Å². The molecule has 1 aliphatic heterocycles. The Balaban J connectivity index is 0.00000162. The molecule has 2 rings (SSSR count). The maximum absolute atomic E-state index is 8.95. The second-order valence-electron chi connectivity index (χ2n) is 4.95. The zero-order chi connectivity index (χ0) is 11.9. The van der Waals surface area contributed by atoms with E-state index in [0.29, 0.717) is 12.6 Å². The molecule has 1 aromatic carbocycles. The molecule has 0 spiro atoms. The molecular weight excluding hydrogens is 246 g/mol. The lowest BCUT2D eigenvalue weighted by Gasteiger charge is -2.35. The molecule has 1 heterocycles. The van der Waals surface area contributed by atoms with Crippen LogP contribution in [0, 0.1) is 0 Å². The minimum Gasteiger partial charge on any atom is -0.396 e. The predicted molar refractivity (Wildman–Crippen MR) is 78.3 cm³/mol. The first-order chi connectivity index (χ1) is 8.40. The highest BCUT2D eigenvalue weighted by Gasteiger charge is 2.21. The highest BCUT2D eigenvalue weighted by Crippen LogP contribution is 2.20. The summed E-state index contributed by atoms with van der Waals surface area (Å²) in [5.41, 5.74) is 1.44. The van der Waals surface area contributed by atoms with Gasteiger partial charge in [0.25, 0.3) is 0 Å². The summed E-state index contributed by atoms with van der Waals surface area (Å²) in [6.45, 7) is 2.57. The van der Waals surface area contributed by atoms with Crippen molar-refractivity contribution in [1.82, 2.24) is 4.90 Å². The van der Waals surface area contributed by atoms with E-state index in [9.17, 15) is 0 Å². The minimum atomic E-state index is 0. The van der Waals surface area contributed by atoms with Gasteiger partial charge in [0.2, 0.25) is 0 Å². The van der Waals surface area contributed by atoms with E-state index >= 15 is 0 Å². The van der Waals surface area contributed by atoms with Gasteiger partial charge in [-0.2, -0.15) is 0 Å². The Bertz CT molecular complexity index is 318. The molecule has 2 nitrogen and oxygen atoms in total. The van der Waals surface area contributed by atoms with Gasteiger partial charge in [0.05, 0.1) is 0 Å². The maximum atomic E-state index is 8.95. The Morgan fingerprint density at radius 3 is 2.67 bits per heavy atom. The van der Waals surface area contributed by atoms with Gasteiger partial charge in [-0.15, -0.1) is 12.4 Å². The molecule has 1 aromatic rings. The molecule has 0 radical (unpaired) electrons. The third-order valence-electron chi connectivity index (χ3n) is 3.67. The van der Waals surface area contributed by atoms with Crippen LogP contribution < -0.4 is 0 Å². The van der Waals surface area contributed by atoms with Crippen molar-refractivity contribution in [3.05, 3.63) is 35.9 Å². The van der Waals surface area contributed by atoms with Crippen molar-refractivity contribution < 1.29 is 5.11 Å². The largest absolute Gasteiger partial charge is 0.396 e. The Morgan fingerprint density at radius 1 is 1.17 bits per heavy atom. The fourth-order valence-electron chi connectivity index (χ4n) is 2.75. The molecule has 18 heavy (non-hydrogen) atoms. The summed E-state index contributed by atoms with van der Waals surface area (Å²) in [5.74, 6) is 0. The summed E-state index contributed by atoms with van der Waals surface area (Å²) >= 11 is 0. The van der Waals surface area contributed by atoms with Gasteiger partial charge in [-0.1, -0.05) is 36.8 Å². The van der Waals surface area contributed by atoms with Crippen molar-refractivity contribution in [3.8, 4) is 0 Å². The molecule has 1 N–H and O–H groups in total. The van der Waals surface area contributed by atoms with Crippen LogP contribution in [0.25, 0.3) is 0 Å². The van der Waals surface area contributed by atoms with E-state index in [-0.39, 0.29) is 12.4 Å². The van der Waals surface area contributed by atoms with Gasteiger partial charge >= 0.3 is 0 Å². The monoisotopic (exact) mass is 269 g/mol. The normalized spacial score (nSPS) is 20.4. The molecule has 0 aromatic heterocycles. The third-order valence-corrected chi connectivity index (χ3v) is 3.67. The third kappa shape index (κ3) is 4.60. The number of piperidine rings is 1. The number of halogens is 1. The number of likely N-dealkylation sites (tertiary alicyclic amines) is 1. The summed E-state index contributed by atoms with van der Waals surface area (Å²) in [6, 6.07) is 11.4. The van der Waals surface area contributed by atoms with Crippen LogP contribution in [0.5, 0.6) is 0 Å². The van der Waals surface area contributed by atoms with Crippen molar-refractivity contribution in [2.45, 2.75) is 38.1 Å². The van der Waals surface area contributed by atoms with Crippen LogP contribution in [-0.2, 0) is 6.42 Å². The maximum Gasteiger partial charge on any atom is 0.0443 e. The number of benzene rings is 1. The van der Waals surface area contributed by atoms with Gasteiger partial charge in [-0.25, -0.2) is 0 Å². The van der Waals surface area contributed by atoms with Gasteiger partial charge in [-0.3, -0.25) is 4.90 Å². The van der Waals surface area contributed by atoms with E-state index in [4.69, 9.17) is 5.11 Å². The van der Waals surface area contributed by atoms with Crippen LogP contribution in [0.1, 0.15) is 31.2 Å².